The monoisotopic (exact) mass is 279 g/mol. The lowest BCUT2D eigenvalue weighted by atomic mass is 10.4. The van der Waals surface area contributed by atoms with E-state index in [0.29, 0.717) is 26.2 Å². The summed E-state index contributed by atoms with van der Waals surface area (Å²) in [6.07, 6.45) is -0.312. The van der Waals surface area contributed by atoms with E-state index in [9.17, 15) is 13.2 Å². The van der Waals surface area contributed by atoms with Crippen LogP contribution in [-0.2, 0) is 17.5 Å². The van der Waals surface area contributed by atoms with E-state index >= 15 is 0 Å². The molecule has 0 aliphatic carbocycles. The molecule has 0 saturated heterocycles. The van der Waals surface area contributed by atoms with Gasteiger partial charge in [-0.25, -0.2) is 0 Å². The van der Waals surface area contributed by atoms with Gasteiger partial charge in [0, 0.05) is 25.9 Å². The summed E-state index contributed by atoms with van der Waals surface area (Å²) in [6.45, 7) is 5.14. The molecule has 1 aromatic rings. The highest BCUT2D eigenvalue weighted by molar-refractivity contribution is 5.08. The van der Waals surface area contributed by atoms with Gasteiger partial charge in [0.25, 0.3) is 0 Å². The Morgan fingerprint density at radius 2 is 2.11 bits per heavy atom. The molecule has 110 valence electrons. The third kappa shape index (κ3) is 6.58. The number of alkyl halides is 3. The molecule has 0 spiro atoms. The first kappa shape index (κ1) is 16.0. The van der Waals surface area contributed by atoms with E-state index in [2.05, 4.69) is 17.3 Å². The maximum absolute atomic E-state index is 12.3. The molecule has 0 aromatic carbocycles. The van der Waals surface area contributed by atoms with E-state index in [1.807, 2.05) is 0 Å². The summed E-state index contributed by atoms with van der Waals surface area (Å²) < 4.78 is 43.5. The van der Waals surface area contributed by atoms with Crippen LogP contribution < -0.4 is 5.32 Å². The highest BCUT2D eigenvalue weighted by Crippen LogP contribution is 2.28. The molecule has 0 fully saturated rings. The Kier molecular flexibility index (Phi) is 6.86. The maximum atomic E-state index is 12.3. The molecule has 1 rings (SSSR count). The standard InChI is InChI=1S/C12H20F3N3O/c1-2-3-7-19-8-5-16-4-6-18-10-11(9-17-18)12(13,14)15/h9-10,16H,2-8H2,1H3. The minimum absolute atomic E-state index is 0.408. The lowest BCUT2D eigenvalue weighted by Crippen LogP contribution is -2.24. The van der Waals surface area contributed by atoms with Gasteiger partial charge in [-0.15, -0.1) is 0 Å². The molecule has 0 unspecified atom stereocenters. The Morgan fingerprint density at radius 3 is 2.74 bits per heavy atom. The molecule has 0 saturated carbocycles. The minimum Gasteiger partial charge on any atom is -0.380 e. The predicted molar refractivity (Wildman–Crippen MR) is 65.8 cm³/mol. The van der Waals surface area contributed by atoms with Crippen LogP contribution in [-0.4, -0.2) is 36.1 Å². The van der Waals surface area contributed by atoms with Crippen molar-refractivity contribution in [2.45, 2.75) is 32.5 Å². The average Bonchev–Trinajstić information content (AvgIpc) is 2.81. The van der Waals surface area contributed by atoms with Crippen molar-refractivity contribution in [2.24, 2.45) is 0 Å². The first-order chi connectivity index (χ1) is 9.04. The van der Waals surface area contributed by atoms with E-state index in [4.69, 9.17) is 4.74 Å². The summed E-state index contributed by atoms with van der Waals surface area (Å²) in [5.41, 5.74) is -0.713. The van der Waals surface area contributed by atoms with E-state index in [0.717, 1.165) is 31.8 Å². The minimum atomic E-state index is -4.32. The van der Waals surface area contributed by atoms with Crippen LogP contribution in [0, 0.1) is 0 Å². The Hall–Kier alpha value is -1.08. The molecule has 4 nitrogen and oxygen atoms in total. The molecule has 0 atom stereocenters. The van der Waals surface area contributed by atoms with Gasteiger partial charge in [0.1, 0.15) is 0 Å². The van der Waals surface area contributed by atoms with Crippen molar-refractivity contribution in [2.75, 3.05) is 26.3 Å². The Morgan fingerprint density at radius 1 is 1.32 bits per heavy atom. The number of rotatable bonds is 9. The zero-order chi connectivity index (χ0) is 14.1. The molecule has 7 heteroatoms. The first-order valence-corrected chi connectivity index (χ1v) is 6.42. The van der Waals surface area contributed by atoms with Crippen LogP contribution in [0.2, 0.25) is 0 Å². The number of hydrogen-bond donors (Lipinski definition) is 1. The predicted octanol–water partition coefficient (Wildman–Crippen LogP) is 2.31. The molecule has 1 N–H and O–H groups in total. The summed E-state index contributed by atoms with van der Waals surface area (Å²) in [6, 6.07) is 0. The maximum Gasteiger partial charge on any atom is 0.419 e. The van der Waals surface area contributed by atoms with E-state index in [1.165, 1.54) is 4.68 Å². The number of nitrogens with zero attached hydrogens (tertiary/aromatic N) is 2. The zero-order valence-corrected chi connectivity index (χ0v) is 11.0. The van der Waals surface area contributed by atoms with Crippen LogP contribution in [0.15, 0.2) is 12.4 Å². The van der Waals surface area contributed by atoms with Gasteiger partial charge in [0.15, 0.2) is 0 Å². The topological polar surface area (TPSA) is 39.1 Å². The molecular formula is C12H20F3N3O. The van der Waals surface area contributed by atoms with Gasteiger partial charge in [-0.05, 0) is 6.42 Å². The van der Waals surface area contributed by atoms with Crippen LogP contribution in [0.1, 0.15) is 25.3 Å². The van der Waals surface area contributed by atoms with Gasteiger partial charge in [-0.2, -0.15) is 18.3 Å². The van der Waals surface area contributed by atoms with Crippen LogP contribution in [0.25, 0.3) is 0 Å². The molecule has 1 aromatic heterocycles. The fraction of sp³-hybridized carbons (Fsp3) is 0.750. The zero-order valence-electron chi connectivity index (χ0n) is 11.0. The fourth-order valence-corrected chi connectivity index (χ4v) is 1.44. The Balaban J connectivity index is 2.08. The quantitative estimate of drug-likeness (QED) is 0.705. The summed E-state index contributed by atoms with van der Waals surface area (Å²) in [5, 5.41) is 6.76. The van der Waals surface area contributed by atoms with E-state index in [-0.39, 0.29) is 0 Å². The van der Waals surface area contributed by atoms with Crippen LogP contribution in [0.3, 0.4) is 0 Å². The van der Waals surface area contributed by atoms with Gasteiger partial charge in [-0.1, -0.05) is 13.3 Å². The number of aromatic nitrogens is 2. The third-order valence-electron chi connectivity index (χ3n) is 2.54. The lowest BCUT2D eigenvalue weighted by Gasteiger charge is -2.06. The van der Waals surface area contributed by atoms with Crippen molar-refractivity contribution in [1.29, 1.82) is 0 Å². The lowest BCUT2D eigenvalue weighted by molar-refractivity contribution is -0.137. The molecule has 0 aliphatic heterocycles. The van der Waals surface area contributed by atoms with Gasteiger partial charge in [0.05, 0.1) is 24.9 Å². The second-order valence-electron chi connectivity index (χ2n) is 4.21. The third-order valence-corrected chi connectivity index (χ3v) is 2.54. The highest BCUT2D eigenvalue weighted by atomic mass is 19.4. The van der Waals surface area contributed by atoms with Crippen molar-refractivity contribution in [3.8, 4) is 0 Å². The number of halogens is 3. The van der Waals surface area contributed by atoms with Crippen LogP contribution in [0.4, 0.5) is 13.2 Å². The first-order valence-electron chi connectivity index (χ1n) is 6.42. The SMILES string of the molecule is CCCCOCCNCCn1cc(C(F)(F)F)cn1. The van der Waals surface area contributed by atoms with Gasteiger partial charge < -0.3 is 10.1 Å². The fourth-order valence-electron chi connectivity index (χ4n) is 1.44. The van der Waals surface area contributed by atoms with Gasteiger partial charge >= 0.3 is 6.18 Å². The van der Waals surface area contributed by atoms with Gasteiger partial charge in [-0.3, -0.25) is 4.68 Å². The second kappa shape index (κ2) is 8.16. The highest BCUT2D eigenvalue weighted by Gasteiger charge is 2.31. The molecule has 0 aliphatic rings. The molecule has 19 heavy (non-hydrogen) atoms. The Bertz CT molecular complexity index is 352. The average molecular weight is 279 g/mol. The number of hydrogen-bond acceptors (Lipinski definition) is 3. The van der Waals surface area contributed by atoms with Crippen molar-refractivity contribution in [3.05, 3.63) is 18.0 Å². The molecular weight excluding hydrogens is 259 g/mol. The van der Waals surface area contributed by atoms with Crippen molar-refractivity contribution in [3.63, 3.8) is 0 Å². The van der Waals surface area contributed by atoms with E-state index < -0.39 is 11.7 Å². The summed E-state index contributed by atoms with van der Waals surface area (Å²) >= 11 is 0. The number of nitrogens with one attached hydrogen (secondary N) is 1. The molecule has 0 amide bonds. The van der Waals surface area contributed by atoms with Crippen LogP contribution >= 0.6 is 0 Å². The van der Waals surface area contributed by atoms with Gasteiger partial charge in [0.2, 0.25) is 0 Å². The molecule has 0 radical (unpaired) electrons. The van der Waals surface area contributed by atoms with Crippen molar-refractivity contribution >= 4 is 0 Å². The van der Waals surface area contributed by atoms with Crippen molar-refractivity contribution < 1.29 is 17.9 Å². The Labute approximate surface area is 110 Å². The summed E-state index contributed by atoms with van der Waals surface area (Å²) in [5.74, 6) is 0. The summed E-state index contributed by atoms with van der Waals surface area (Å²) in [4.78, 5) is 0. The van der Waals surface area contributed by atoms with Crippen LogP contribution in [0.5, 0.6) is 0 Å². The van der Waals surface area contributed by atoms with Crippen molar-refractivity contribution in [1.82, 2.24) is 15.1 Å². The molecule has 1 heterocycles. The summed E-state index contributed by atoms with van der Waals surface area (Å²) in [7, 11) is 0. The number of ether oxygens (including phenoxy) is 1. The van der Waals surface area contributed by atoms with E-state index in [1.54, 1.807) is 0 Å². The normalized spacial score (nSPS) is 12.0. The second-order valence-corrected chi connectivity index (χ2v) is 4.21. The smallest absolute Gasteiger partial charge is 0.380 e. The molecule has 0 bridgehead atoms. The largest absolute Gasteiger partial charge is 0.419 e. The number of unbranched alkanes of at least 4 members (excludes halogenated alkanes) is 1.